The van der Waals surface area contributed by atoms with E-state index in [1.807, 2.05) is 46.9 Å². The van der Waals surface area contributed by atoms with E-state index in [1.165, 1.54) is 50.3 Å². The van der Waals surface area contributed by atoms with E-state index in [4.69, 9.17) is 4.98 Å². The molecule has 0 unspecified atom stereocenters. The quantitative estimate of drug-likeness (QED) is 0.106. The van der Waals surface area contributed by atoms with Gasteiger partial charge in [-0.3, -0.25) is 18.9 Å². The minimum Gasteiger partial charge on any atom is -0.291 e. The van der Waals surface area contributed by atoms with Crippen molar-refractivity contribution < 1.29 is 4.92 Å². The van der Waals surface area contributed by atoms with Crippen molar-refractivity contribution in [3.05, 3.63) is 173 Å². The number of benzene rings is 6. The van der Waals surface area contributed by atoms with Gasteiger partial charge in [0.1, 0.15) is 11.3 Å². The van der Waals surface area contributed by atoms with Gasteiger partial charge in [0.15, 0.2) is 0 Å². The number of nitro benzene ring substituents is 1. The molecular weight excluding hydrogens is 619 g/mol. The predicted molar refractivity (Wildman–Crippen MR) is 201 cm³/mol. The van der Waals surface area contributed by atoms with Gasteiger partial charge in [-0.1, -0.05) is 121 Å². The minimum absolute atomic E-state index is 0.0755. The molecule has 4 aromatic heterocycles. The van der Waals surface area contributed by atoms with Crippen LogP contribution in [0.4, 0.5) is 5.69 Å². The van der Waals surface area contributed by atoms with Crippen LogP contribution in [-0.2, 0) is 6.42 Å². The summed E-state index contributed by atoms with van der Waals surface area (Å²) in [5.74, 6) is 0. The molecule has 0 fully saturated rings. The molecule has 1 aliphatic rings. The van der Waals surface area contributed by atoms with Crippen molar-refractivity contribution in [1.29, 1.82) is 0 Å². The van der Waals surface area contributed by atoms with Gasteiger partial charge in [-0.25, -0.2) is 9.97 Å². The van der Waals surface area contributed by atoms with Gasteiger partial charge in [0.05, 0.1) is 44.8 Å². The largest absolute Gasteiger partial charge is 0.291 e. The van der Waals surface area contributed by atoms with Crippen molar-refractivity contribution in [2.24, 2.45) is 0 Å². The fourth-order valence-electron chi connectivity index (χ4n) is 7.81. The summed E-state index contributed by atoms with van der Waals surface area (Å²) in [5.41, 5.74) is 10.6. The molecule has 0 bridgehead atoms. The van der Waals surface area contributed by atoms with Crippen molar-refractivity contribution in [1.82, 2.24) is 18.8 Å². The lowest BCUT2D eigenvalue weighted by Crippen LogP contribution is -1.96. The van der Waals surface area contributed by atoms with Crippen LogP contribution in [0.5, 0.6) is 0 Å². The van der Waals surface area contributed by atoms with Crippen molar-refractivity contribution in [3.63, 3.8) is 0 Å². The highest BCUT2D eigenvalue weighted by Crippen LogP contribution is 2.41. The van der Waals surface area contributed by atoms with Crippen molar-refractivity contribution in [3.8, 4) is 22.5 Å². The zero-order chi connectivity index (χ0) is 33.3. The maximum Gasteiger partial charge on any atom is 0.278 e. The Labute approximate surface area is 285 Å². The van der Waals surface area contributed by atoms with E-state index in [2.05, 4.69) is 94.3 Å². The van der Waals surface area contributed by atoms with Gasteiger partial charge in [0.2, 0.25) is 0 Å². The van der Waals surface area contributed by atoms with Gasteiger partial charge in [-0.05, 0) is 34.5 Å². The Bertz CT molecular complexity index is 3010. The Morgan fingerprint density at radius 1 is 0.540 bits per heavy atom. The minimum atomic E-state index is -0.349. The number of pyridine rings is 2. The Morgan fingerprint density at radius 2 is 1.06 bits per heavy atom. The molecule has 11 rings (SSSR count). The molecule has 0 N–H and O–H groups in total. The Kier molecular flexibility index (Phi) is 6.11. The summed E-state index contributed by atoms with van der Waals surface area (Å²) < 4.78 is 4.37. The lowest BCUT2D eigenvalue weighted by atomic mass is 10.1. The van der Waals surface area contributed by atoms with E-state index in [0.29, 0.717) is 11.3 Å². The number of para-hydroxylation sites is 3. The molecule has 0 saturated heterocycles. The summed E-state index contributed by atoms with van der Waals surface area (Å²) in [4.78, 5) is 20.8. The summed E-state index contributed by atoms with van der Waals surface area (Å²) in [5, 5.41) is 18.5. The third-order valence-corrected chi connectivity index (χ3v) is 9.92. The van der Waals surface area contributed by atoms with Crippen molar-refractivity contribution in [2.45, 2.75) is 6.42 Å². The van der Waals surface area contributed by atoms with Crippen LogP contribution in [0.25, 0.3) is 77.2 Å². The fraction of sp³-hybridized carbons (Fsp3) is 0.0233. The van der Waals surface area contributed by atoms with Crippen LogP contribution in [0, 0.1) is 10.1 Å². The number of nitrogens with zero attached hydrogens (tertiary/aromatic N) is 5. The first-order chi connectivity index (χ1) is 24.7. The second-order valence-electron chi connectivity index (χ2n) is 12.6. The molecule has 6 aromatic carbocycles. The molecular formula is C43H27N5O2. The van der Waals surface area contributed by atoms with Gasteiger partial charge in [-0.15, -0.1) is 0 Å². The summed E-state index contributed by atoms with van der Waals surface area (Å²) >= 11 is 0. The molecule has 50 heavy (non-hydrogen) atoms. The number of nitro groups is 1. The van der Waals surface area contributed by atoms with Crippen molar-refractivity contribution >= 4 is 60.3 Å². The third kappa shape index (κ3) is 4.04. The molecule has 236 valence electrons. The first kappa shape index (κ1) is 28.2. The summed E-state index contributed by atoms with van der Waals surface area (Å²) in [7, 11) is 0. The first-order valence-corrected chi connectivity index (χ1v) is 16.6. The van der Waals surface area contributed by atoms with Crippen molar-refractivity contribution in [2.75, 3.05) is 0 Å². The van der Waals surface area contributed by atoms with Gasteiger partial charge in [0.25, 0.3) is 5.69 Å². The summed E-state index contributed by atoms with van der Waals surface area (Å²) in [6.07, 6.45) is 2.65. The molecule has 0 aliphatic heterocycles. The Morgan fingerprint density at radius 3 is 1.74 bits per heavy atom. The van der Waals surface area contributed by atoms with E-state index in [0.717, 1.165) is 39.4 Å². The second kappa shape index (κ2) is 10.8. The molecule has 4 heterocycles. The molecule has 0 radical (unpaired) electrons. The molecule has 7 nitrogen and oxygen atoms in total. The zero-order valence-electron chi connectivity index (χ0n) is 26.7. The van der Waals surface area contributed by atoms with E-state index in [9.17, 15) is 10.1 Å². The van der Waals surface area contributed by atoms with Crippen LogP contribution in [0.15, 0.2) is 152 Å². The van der Waals surface area contributed by atoms with Crippen LogP contribution in [0.3, 0.4) is 0 Å². The number of imidazole rings is 2. The normalized spacial score (nSPS) is 12.1. The van der Waals surface area contributed by atoms with Crippen LogP contribution in [-0.4, -0.2) is 23.7 Å². The smallest absolute Gasteiger partial charge is 0.278 e. The molecule has 10 aromatic rings. The Hall–Kier alpha value is -6.86. The first-order valence-electron chi connectivity index (χ1n) is 16.6. The van der Waals surface area contributed by atoms with E-state index >= 15 is 0 Å². The molecule has 7 heteroatoms. The van der Waals surface area contributed by atoms with Crippen LogP contribution >= 0.6 is 0 Å². The van der Waals surface area contributed by atoms with Gasteiger partial charge in [0, 0.05) is 39.6 Å². The standard InChI is InChI=1S/C22H14N2.C21H13N3O2/c1-2-8-15-14(7-1)13-19-21(15)24-20-12-6-5-10-17(20)16-9-3-4-11-18(16)22(24)23-19;25-24(26)19-12-6-4-10-17(19)20-13-22-21-16-9-2-1-7-14(16)15-8-3-5-11-18(15)23(20)21/h1-12H,13H2;1-13H. The topological polar surface area (TPSA) is 77.7 Å². The Balaban J connectivity index is 0.000000127. The third-order valence-electron chi connectivity index (χ3n) is 9.92. The number of hydrogen-bond acceptors (Lipinski definition) is 4. The highest BCUT2D eigenvalue weighted by molar-refractivity contribution is 6.13. The van der Waals surface area contributed by atoms with Crippen LogP contribution in [0.1, 0.15) is 11.3 Å². The molecule has 0 atom stereocenters. The number of aromatic nitrogens is 4. The lowest BCUT2D eigenvalue weighted by Gasteiger charge is -2.10. The number of rotatable bonds is 2. The predicted octanol–water partition coefficient (Wildman–Crippen LogP) is 10.4. The molecule has 0 amide bonds. The van der Waals surface area contributed by atoms with Crippen LogP contribution in [0.2, 0.25) is 0 Å². The van der Waals surface area contributed by atoms with Crippen LogP contribution < -0.4 is 0 Å². The molecule has 1 aliphatic carbocycles. The highest BCUT2D eigenvalue weighted by atomic mass is 16.6. The van der Waals surface area contributed by atoms with Gasteiger partial charge >= 0.3 is 0 Å². The second-order valence-corrected chi connectivity index (χ2v) is 12.6. The van der Waals surface area contributed by atoms with E-state index < -0.39 is 0 Å². The monoisotopic (exact) mass is 645 g/mol. The summed E-state index contributed by atoms with van der Waals surface area (Å²) in [6.45, 7) is 0. The SMILES string of the molecule is O=[N+]([O-])c1ccccc1-c1cnc2c3ccccc3c3ccccc3n12.c1ccc2c(c1)Cc1nc3c4ccccc4c4ccccc4n3c1-2. The van der Waals surface area contributed by atoms with Gasteiger partial charge in [-0.2, -0.15) is 0 Å². The number of fused-ring (bicyclic) bond motifs is 16. The summed E-state index contributed by atoms with van der Waals surface area (Å²) in [6, 6.07) is 48.9. The highest BCUT2D eigenvalue weighted by Gasteiger charge is 2.26. The van der Waals surface area contributed by atoms with E-state index in [1.54, 1.807) is 18.3 Å². The number of hydrogen-bond donors (Lipinski definition) is 0. The molecule has 0 spiro atoms. The maximum absolute atomic E-state index is 11.5. The zero-order valence-corrected chi connectivity index (χ0v) is 26.7. The lowest BCUT2D eigenvalue weighted by molar-refractivity contribution is -0.384. The van der Waals surface area contributed by atoms with E-state index in [-0.39, 0.29) is 10.6 Å². The average Bonchev–Trinajstić information content (AvgIpc) is 3.88. The van der Waals surface area contributed by atoms with Gasteiger partial charge < -0.3 is 0 Å². The average molecular weight is 646 g/mol. The maximum atomic E-state index is 11.5. The fourth-order valence-corrected chi connectivity index (χ4v) is 7.81. The molecule has 0 saturated carbocycles.